The van der Waals surface area contributed by atoms with E-state index in [0.29, 0.717) is 0 Å². The van der Waals surface area contributed by atoms with Gasteiger partial charge in [-0.2, -0.15) is 4.57 Å². The average Bonchev–Trinajstić information content (AvgIpc) is 2.29. The predicted octanol–water partition coefficient (Wildman–Crippen LogP) is -0.0856. The average molecular weight is 276 g/mol. The van der Waals surface area contributed by atoms with E-state index < -0.39 is 0 Å². The Morgan fingerprint density at radius 1 is 0.938 bits per heavy atom. The zero-order chi connectivity index (χ0) is 10.5. The molecule has 2 aromatic rings. The Morgan fingerprint density at radius 2 is 1.62 bits per heavy atom. The molecule has 82 valence electrons. The molecular weight excluding hydrogens is 262 g/mol. The van der Waals surface area contributed by atoms with Gasteiger partial charge in [0.15, 0.2) is 18.6 Å². The van der Waals surface area contributed by atoms with Gasteiger partial charge in [0.25, 0.3) is 0 Å². The molecule has 0 aliphatic heterocycles. The maximum absolute atomic E-state index is 2.12. The van der Waals surface area contributed by atoms with Gasteiger partial charge in [0.1, 0.15) is 0 Å². The van der Waals surface area contributed by atoms with Gasteiger partial charge >= 0.3 is 0 Å². The molecule has 16 heavy (non-hydrogen) atoms. The summed E-state index contributed by atoms with van der Waals surface area (Å²) in [5.41, 5.74) is 2.55. The van der Waals surface area contributed by atoms with Gasteiger partial charge in [0.05, 0.1) is 0 Å². The van der Waals surface area contributed by atoms with E-state index in [1.165, 1.54) is 11.1 Å². The van der Waals surface area contributed by atoms with Gasteiger partial charge in [0.2, 0.25) is 0 Å². The van der Waals surface area contributed by atoms with Crippen LogP contribution >= 0.6 is 0 Å². The van der Waals surface area contributed by atoms with Gasteiger partial charge in [-0.3, -0.25) is 0 Å². The van der Waals surface area contributed by atoms with E-state index in [1.54, 1.807) is 0 Å². The summed E-state index contributed by atoms with van der Waals surface area (Å²) >= 11 is 0. The van der Waals surface area contributed by atoms with Crippen molar-refractivity contribution >= 4 is 12.3 Å². The van der Waals surface area contributed by atoms with Crippen LogP contribution in [0.2, 0.25) is 0 Å². The van der Waals surface area contributed by atoms with Crippen molar-refractivity contribution in [3.63, 3.8) is 0 Å². The molecule has 1 aromatic carbocycles. The van der Waals surface area contributed by atoms with Crippen molar-refractivity contribution < 1.29 is 21.5 Å². The van der Waals surface area contributed by atoms with E-state index in [9.17, 15) is 0 Å². The van der Waals surface area contributed by atoms with Gasteiger partial charge in [0, 0.05) is 18.2 Å². The van der Waals surface area contributed by atoms with Crippen molar-refractivity contribution in [3.8, 4) is 0 Å². The molecule has 0 bridgehead atoms. The molecule has 1 heterocycles. The van der Waals surface area contributed by atoms with Gasteiger partial charge < -0.3 is 17.0 Å². The number of nitrogens with zero attached hydrogens (tertiary/aromatic N) is 1. The van der Waals surface area contributed by atoms with Crippen LogP contribution < -0.4 is 21.5 Å². The Bertz CT molecular complexity index is 463. The molecular formula is C14H14BrN. The number of aryl methyl sites for hydroxylation is 1. The van der Waals surface area contributed by atoms with Crippen molar-refractivity contribution in [2.24, 2.45) is 0 Å². The minimum absolute atomic E-state index is 0. The standard InChI is InChI=1S/C14H14N.BrH/c1-13-7-3-4-8-14(13)9-12-15-10-5-2-6-11-15;/h2-12H,1H3;1H/q+1;/p-1. The molecule has 0 N–H and O–H groups in total. The quantitative estimate of drug-likeness (QED) is 0.675. The first-order valence-electron chi connectivity index (χ1n) is 5.06. The lowest BCUT2D eigenvalue weighted by Gasteiger charge is -1.96. The third kappa shape index (κ3) is 3.31. The Balaban J connectivity index is 0.00000128. The summed E-state index contributed by atoms with van der Waals surface area (Å²) in [6, 6.07) is 14.4. The molecule has 0 radical (unpaired) electrons. The van der Waals surface area contributed by atoms with Gasteiger partial charge in [-0.15, -0.1) is 0 Å². The molecule has 0 aliphatic rings. The molecule has 0 aliphatic carbocycles. The topological polar surface area (TPSA) is 3.88 Å². The largest absolute Gasteiger partial charge is 1.00 e. The Kier molecular flexibility index (Phi) is 4.93. The van der Waals surface area contributed by atoms with Crippen LogP contribution in [0.25, 0.3) is 12.3 Å². The van der Waals surface area contributed by atoms with Gasteiger partial charge in [-0.25, -0.2) is 0 Å². The summed E-state index contributed by atoms with van der Waals surface area (Å²) < 4.78 is 2.03. The van der Waals surface area contributed by atoms with Crippen molar-refractivity contribution in [3.05, 3.63) is 66.0 Å². The summed E-state index contributed by atoms with van der Waals surface area (Å²) in [7, 11) is 0. The van der Waals surface area contributed by atoms with E-state index in [4.69, 9.17) is 0 Å². The first-order valence-corrected chi connectivity index (χ1v) is 5.06. The number of hydrogen-bond acceptors (Lipinski definition) is 0. The first kappa shape index (κ1) is 12.7. The maximum Gasteiger partial charge on any atom is 0.175 e. The zero-order valence-corrected chi connectivity index (χ0v) is 10.8. The normalized spacial score (nSPS) is 10.1. The SMILES string of the molecule is Cc1ccccc1C=C[n+]1ccccc1.[Br-]. The van der Waals surface area contributed by atoms with Crippen molar-refractivity contribution in [2.75, 3.05) is 0 Å². The van der Waals surface area contributed by atoms with E-state index in [1.807, 2.05) is 35.2 Å². The highest BCUT2D eigenvalue weighted by molar-refractivity contribution is 5.59. The molecule has 2 rings (SSSR count). The molecule has 1 aromatic heterocycles. The van der Waals surface area contributed by atoms with Crippen molar-refractivity contribution in [2.45, 2.75) is 6.92 Å². The highest BCUT2D eigenvalue weighted by Crippen LogP contribution is 2.08. The summed E-state index contributed by atoms with van der Waals surface area (Å²) in [6.07, 6.45) is 8.22. The monoisotopic (exact) mass is 275 g/mol. The molecule has 0 saturated carbocycles. The van der Waals surface area contributed by atoms with Crippen LogP contribution in [0, 0.1) is 6.92 Å². The molecule has 0 unspecified atom stereocenters. The molecule has 0 saturated heterocycles. The Hall–Kier alpha value is -1.41. The molecule has 0 amide bonds. The van der Waals surface area contributed by atoms with E-state index >= 15 is 0 Å². The van der Waals surface area contributed by atoms with Crippen LogP contribution in [0.1, 0.15) is 11.1 Å². The number of halogens is 1. The second-order valence-corrected chi connectivity index (χ2v) is 3.50. The van der Waals surface area contributed by atoms with Crippen LogP contribution in [0.4, 0.5) is 0 Å². The Morgan fingerprint density at radius 3 is 2.31 bits per heavy atom. The lowest BCUT2D eigenvalue weighted by molar-refractivity contribution is -0.567. The molecule has 0 atom stereocenters. The second kappa shape index (κ2) is 6.23. The molecule has 1 nitrogen and oxygen atoms in total. The van der Waals surface area contributed by atoms with Crippen LogP contribution in [0.15, 0.2) is 54.9 Å². The van der Waals surface area contributed by atoms with Crippen molar-refractivity contribution in [1.82, 2.24) is 0 Å². The summed E-state index contributed by atoms with van der Waals surface area (Å²) in [4.78, 5) is 0. The van der Waals surface area contributed by atoms with E-state index in [0.717, 1.165) is 0 Å². The third-order valence-electron chi connectivity index (χ3n) is 2.35. The molecule has 0 spiro atoms. The van der Waals surface area contributed by atoms with E-state index in [2.05, 4.69) is 43.5 Å². The highest BCUT2D eigenvalue weighted by Gasteiger charge is 1.94. The van der Waals surface area contributed by atoms with Gasteiger partial charge in [-0.05, 0) is 18.1 Å². The highest BCUT2D eigenvalue weighted by atomic mass is 79.9. The number of rotatable bonds is 2. The fourth-order valence-corrected chi connectivity index (χ4v) is 1.45. The van der Waals surface area contributed by atoms with Crippen LogP contribution in [-0.2, 0) is 0 Å². The molecule has 0 fully saturated rings. The Labute approximate surface area is 107 Å². The predicted molar refractivity (Wildman–Crippen MR) is 63.0 cm³/mol. The van der Waals surface area contributed by atoms with Crippen molar-refractivity contribution in [1.29, 1.82) is 0 Å². The second-order valence-electron chi connectivity index (χ2n) is 3.50. The van der Waals surface area contributed by atoms with Crippen LogP contribution in [-0.4, -0.2) is 0 Å². The van der Waals surface area contributed by atoms with E-state index in [-0.39, 0.29) is 17.0 Å². The summed E-state index contributed by atoms with van der Waals surface area (Å²) in [6.45, 7) is 2.12. The fourth-order valence-electron chi connectivity index (χ4n) is 1.45. The fraction of sp³-hybridized carbons (Fsp3) is 0.0714. The minimum atomic E-state index is 0. The lowest BCUT2D eigenvalue weighted by Crippen LogP contribution is -3.00. The number of pyridine rings is 1. The smallest absolute Gasteiger partial charge is 0.175 e. The maximum atomic E-state index is 2.12. The number of hydrogen-bond donors (Lipinski definition) is 0. The van der Waals surface area contributed by atoms with Crippen LogP contribution in [0.3, 0.4) is 0 Å². The third-order valence-corrected chi connectivity index (χ3v) is 2.35. The first-order chi connectivity index (χ1) is 7.36. The number of aromatic nitrogens is 1. The van der Waals surface area contributed by atoms with Crippen LogP contribution in [0.5, 0.6) is 0 Å². The zero-order valence-electron chi connectivity index (χ0n) is 9.18. The van der Waals surface area contributed by atoms with Gasteiger partial charge in [-0.1, -0.05) is 30.3 Å². The minimum Gasteiger partial charge on any atom is -1.00 e. The lowest BCUT2D eigenvalue weighted by atomic mass is 10.1. The summed E-state index contributed by atoms with van der Waals surface area (Å²) in [5, 5.41) is 0. The summed E-state index contributed by atoms with van der Waals surface area (Å²) in [5.74, 6) is 0. The number of benzene rings is 1. The molecule has 2 heteroatoms.